The van der Waals surface area contributed by atoms with Crippen molar-refractivity contribution in [2.75, 3.05) is 32.7 Å². The van der Waals surface area contributed by atoms with Crippen LogP contribution >= 0.6 is 0 Å². The van der Waals surface area contributed by atoms with Crippen LogP contribution in [-0.2, 0) is 11.8 Å². The summed E-state index contributed by atoms with van der Waals surface area (Å²) in [7, 11) is 1.87. The van der Waals surface area contributed by atoms with Crippen molar-refractivity contribution in [3.8, 4) is 11.3 Å². The lowest BCUT2D eigenvalue weighted by atomic mass is 9.98. The Morgan fingerprint density at radius 3 is 2.72 bits per heavy atom. The molecule has 9 heteroatoms. The third-order valence-electron chi connectivity index (χ3n) is 6.74. The summed E-state index contributed by atoms with van der Waals surface area (Å²) in [5, 5.41) is 11.4. The van der Waals surface area contributed by atoms with Gasteiger partial charge in [0.2, 0.25) is 5.91 Å². The number of carbonyl (C=O) groups excluding carboxylic acids is 2. The third-order valence-corrected chi connectivity index (χ3v) is 6.74. The van der Waals surface area contributed by atoms with Gasteiger partial charge in [-0.3, -0.25) is 19.2 Å². The number of hydrogen-bond donors (Lipinski definition) is 1. The minimum Gasteiger partial charge on any atom is -0.356 e. The Morgan fingerprint density at radius 2 is 1.91 bits per heavy atom. The molecule has 1 atom stereocenters. The molecule has 2 fully saturated rings. The Bertz CT molecular complexity index is 936. The van der Waals surface area contributed by atoms with E-state index >= 15 is 0 Å². The topological polar surface area (TPSA) is 96.5 Å². The van der Waals surface area contributed by atoms with E-state index < -0.39 is 0 Å². The maximum atomic E-state index is 13.3. The second-order valence-corrected chi connectivity index (χ2v) is 8.94. The van der Waals surface area contributed by atoms with Gasteiger partial charge in [-0.25, -0.2) is 0 Å². The van der Waals surface area contributed by atoms with E-state index in [2.05, 4.69) is 20.5 Å². The Morgan fingerprint density at radius 1 is 1.12 bits per heavy atom. The predicted molar refractivity (Wildman–Crippen MR) is 120 cm³/mol. The molecule has 2 aliphatic heterocycles. The van der Waals surface area contributed by atoms with Crippen molar-refractivity contribution >= 4 is 11.8 Å². The minimum atomic E-state index is -0.101. The maximum Gasteiger partial charge on any atom is 0.276 e. The molecule has 0 saturated carbocycles. The van der Waals surface area contributed by atoms with E-state index in [1.54, 1.807) is 16.9 Å². The standard InChI is InChI=1S/C23H34N6O3/c1-17-19(16-25-27(17)2)21-15-20(26-32-21)23(31)29-11-6-4-9-24-22(30)14-18-8-3-5-10-28(18)12-7-13-29/h15-16,18H,3-14H2,1-2H3,(H,24,30). The predicted octanol–water partition coefficient (Wildman–Crippen LogP) is 2.37. The van der Waals surface area contributed by atoms with E-state index in [9.17, 15) is 9.59 Å². The average Bonchev–Trinajstić information content (AvgIpc) is 3.39. The summed E-state index contributed by atoms with van der Waals surface area (Å²) in [5.41, 5.74) is 2.13. The smallest absolute Gasteiger partial charge is 0.276 e. The number of carbonyl (C=O) groups is 2. The molecule has 1 N–H and O–H groups in total. The van der Waals surface area contributed by atoms with Gasteiger partial charge in [-0.1, -0.05) is 11.6 Å². The number of amides is 2. The zero-order valence-electron chi connectivity index (χ0n) is 19.2. The average molecular weight is 443 g/mol. The van der Waals surface area contributed by atoms with Crippen LogP contribution in [0.3, 0.4) is 0 Å². The molecular weight excluding hydrogens is 408 g/mol. The number of nitrogens with one attached hydrogen (secondary N) is 1. The van der Waals surface area contributed by atoms with Gasteiger partial charge in [-0.2, -0.15) is 5.10 Å². The van der Waals surface area contributed by atoms with Crippen LogP contribution in [0.5, 0.6) is 0 Å². The first-order valence-electron chi connectivity index (χ1n) is 11.8. The first-order valence-corrected chi connectivity index (χ1v) is 11.8. The second-order valence-electron chi connectivity index (χ2n) is 8.94. The van der Waals surface area contributed by atoms with E-state index in [4.69, 9.17) is 4.52 Å². The van der Waals surface area contributed by atoms with Crippen LogP contribution in [0.25, 0.3) is 11.3 Å². The van der Waals surface area contributed by atoms with E-state index in [-0.39, 0.29) is 11.8 Å². The zero-order valence-corrected chi connectivity index (χ0v) is 19.2. The summed E-state index contributed by atoms with van der Waals surface area (Å²) in [4.78, 5) is 29.9. The monoisotopic (exact) mass is 442 g/mol. The van der Waals surface area contributed by atoms with Crippen LogP contribution < -0.4 is 5.32 Å². The van der Waals surface area contributed by atoms with Crippen molar-refractivity contribution in [3.63, 3.8) is 0 Å². The lowest BCUT2D eigenvalue weighted by Gasteiger charge is -2.35. The van der Waals surface area contributed by atoms with E-state index in [1.807, 2.05) is 18.9 Å². The van der Waals surface area contributed by atoms with Crippen molar-refractivity contribution < 1.29 is 14.1 Å². The normalized spacial score (nSPS) is 21.8. The molecule has 0 bridgehead atoms. The Kier molecular flexibility index (Phi) is 7.24. The number of rotatable bonds is 2. The van der Waals surface area contributed by atoms with Crippen LogP contribution in [0.15, 0.2) is 16.8 Å². The lowest BCUT2D eigenvalue weighted by molar-refractivity contribution is -0.122. The molecular formula is C23H34N6O3. The molecule has 1 unspecified atom stereocenters. The zero-order chi connectivity index (χ0) is 22.5. The largest absolute Gasteiger partial charge is 0.356 e. The summed E-state index contributed by atoms with van der Waals surface area (Å²) in [6.45, 7) is 5.87. The molecule has 2 aromatic rings. The van der Waals surface area contributed by atoms with Gasteiger partial charge in [-0.15, -0.1) is 0 Å². The van der Waals surface area contributed by atoms with Gasteiger partial charge in [0.1, 0.15) is 0 Å². The highest BCUT2D eigenvalue weighted by Gasteiger charge is 2.26. The molecule has 4 rings (SSSR count). The summed E-state index contributed by atoms with van der Waals surface area (Å²) in [6, 6.07) is 2.03. The number of fused-ring (bicyclic) bond motifs is 1. The molecule has 0 spiro atoms. The fraction of sp³-hybridized carbons (Fsp3) is 0.652. The fourth-order valence-electron chi connectivity index (χ4n) is 4.71. The Labute approximate surface area is 189 Å². The van der Waals surface area contributed by atoms with Crippen LogP contribution in [0.1, 0.15) is 61.1 Å². The summed E-state index contributed by atoms with van der Waals surface area (Å²) in [6.07, 6.45) is 8.32. The fourth-order valence-corrected chi connectivity index (χ4v) is 4.71. The van der Waals surface area contributed by atoms with E-state index in [0.717, 1.165) is 50.0 Å². The summed E-state index contributed by atoms with van der Waals surface area (Å²) < 4.78 is 7.26. The number of piperidine rings is 1. The number of aryl methyl sites for hydroxylation is 1. The van der Waals surface area contributed by atoms with Crippen molar-refractivity contribution in [2.45, 2.75) is 57.9 Å². The van der Waals surface area contributed by atoms with Gasteiger partial charge in [0.15, 0.2) is 11.5 Å². The number of aromatic nitrogens is 3. The van der Waals surface area contributed by atoms with Crippen molar-refractivity contribution in [1.29, 1.82) is 0 Å². The highest BCUT2D eigenvalue weighted by atomic mass is 16.5. The molecule has 0 aromatic carbocycles. The Balaban J connectivity index is 1.45. The van der Waals surface area contributed by atoms with Gasteiger partial charge in [0.25, 0.3) is 5.91 Å². The van der Waals surface area contributed by atoms with E-state index in [0.29, 0.717) is 43.6 Å². The highest BCUT2D eigenvalue weighted by Crippen LogP contribution is 2.24. The van der Waals surface area contributed by atoms with Crippen LogP contribution in [0, 0.1) is 6.92 Å². The van der Waals surface area contributed by atoms with Gasteiger partial charge in [0, 0.05) is 57.4 Å². The molecule has 2 amide bonds. The second kappa shape index (κ2) is 10.3. The molecule has 32 heavy (non-hydrogen) atoms. The van der Waals surface area contributed by atoms with Gasteiger partial charge in [-0.05, 0) is 45.6 Å². The van der Waals surface area contributed by atoms with Crippen LogP contribution in [-0.4, -0.2) is 75.3 Å². The minimum absolute atomic E-state index is 0.101. The van der Waals surface area contributed by atoms with Crippen LogP contribution in [0.2, 0.25) is 0 Å². The molecule has 2 saturated heterocycles. The lowest BCUT2D eigenvalue weighted by Crippen LogP contribution is -2.44. The molecule has 4 heterocycles. The number of hydrogen-bond acceptors (Lipinski definition) is 6. The maximum absolute atomic E-state index is 13.3. The molecule has 2 aliphatic rings. The SMILES string of the molecule is Cc1c(-c2cc(C(=O)N3CCCCNC(=O)CC4CCCCN4CCC3)no2)cnn1C. The van der Waals surface area contributed by atoms with Crippen molar-refractivity contribution in [1.82, 2.24) is 30.1 Å². The van der Waals surface area contributed by atoms with Crippen molar-refractivity contribution in [2.24, 2.45) is 7.05 Å². The first-order chi connectivity index (χ1) is 15.5. The van der Waals surface area contributed by atoms with Gasteiger partial charge < -0.3 is 14.7 Å². The van der Waals surface area contributed by atoms with Crippen LogP contribution in [0.4, 0.5) is 0 Å². The van der Waals surface area contributed by atoms with E-state index in [1.165, 1.54) is 12.8 Å². The highest BCUT2D eigenvalue weighted by molar-refractivity contribution is 5.93. The summed E-state index contributed by atoms with van der Waals surface area (Å²) >= 11 is 0. The van der Waals surface area contributed by atoms with Crippen molar-refractivity contribution in [3.05, 3.63) is 23.7 Å². The third kappa shape index (κ3) is 5.20. The van der Waals surface area contributed by atoms with Gasteiger partial charge >= 0.3 is 0 Å². The quantitative estimate of drug-likeness (QED) is 0.767. The molecule has 0 aliphatic carbocycles. The molecule has 0 radical (unpaired) electrons. The Hall–Kier alpha value is -2.68. The molecule has 2 aromatic heterocycles. The first kappa shape index (κ1) is 22.5. The summed E-state index contributed by atoms with van der Waals surface area (Å²) in [5.74, 6) is 0.606. The number of nitrogens with zero attached hydrogens (tertiary/aromatic N) is 5. The molecule has 9 nitrogen and oxygen atoms in total. The van der Waals surface area contributed by atoms with Gasteiger partial charge in [0.05, 0.1) is 11.8 Å². The molecule has 174 valence electrons.